The normalized spacial score (nSPS) is 23.1. The largest absolute Gasteiger partial charge is 0.391 e. The molecular weight excluding hydrogens is 665 g/mol. The Bertz CT molecular complexity index is 1950. The van der Waals surface area contributed by atoms with Crippen LogP contribution in [0.3, 0.4) is 0 Å². The summed E-state index contributed by atoms with van der Waals surface area (Å²) >= 11 is 12.7. The SMILES string of the molecule is C[C@@]1(Cc2ccc(-c3cncnc3)cc2)C(=O)N(c2cc(Cl)cc(Cl)c2)c2ncc(S(=O)(=O)N3CCC[C@H]3C(=O)N3CC[C@H](O)C3)n21. The summed E-state index contributed by atoms with van der Waals surface area (Å²) < 4.78 is 31.7. The van der Waals surface area contributed by atoms with Crippen LogP contribution < -0.4 is 4.90 Å². The average Bonchev–Trinajstić information content (AvgIpc) is 3.84. The van der Waals surface area contributed by atoms with E-state index in [0.29, 0.717) is 41.5 Å². The lowest BCUT2D eigenvalue weighted by molar-refractivity contribution is -0.134. The van der Waals surface area contributed by atoms with Gasteiger partial charge < -0.3 is 10.0 Å². The first-order chi connectivity index (χ1) is 22.5. The number of hydrogen-bond donors (Lipinski definition) is 1. The maximum atomic E-state index is 14.5. The maximum absolute atomic E-state index is 14.5. The summed E-state index contributed by atoms with van der Waals surface area (Å²) in [4.78, 5) is 43.5. The Hall–Kier alpha value is -3.88. The molecule has 1 N–H and O–H groups in total. The molecule has 4 aromatic rings. The first-order valence-corrected chi connectivity index (χ1v) is 17.4. The molecule has 0 bridgehead atoms. The number of aliphatic hydroxyl groups is 1. The maximum Gasteiger partial charge on any atom is 0.261 e. The molecule has 0 aliphatic carbocycles. The number of anilines is 2. The molecule has 0 unspecified atom stereocenters. The summed E-state index contributed by atoms with van der Waals surface area (Å²) in [5, 5.41) is 10.4. The van der Waals surface area contributed by atoms with Crippen molar-refractivity contribution in [3.8, 4) is 11.1 Å². The van der Waals surface area contributed by atoms with Crippen molar-refractivity contribution in [1.29, 1.82) is 0 Å². The molecule has 2 fully saturated rings. The Balaban J connectivity index is 1.30. The van der Waals surface area contributed by atoms with E-state index in [0.717, 1.165) is 16.7 Å². The van der Waals surface area contributed by atoms with Crippen LogP contribution in [0.1, 0.15) is 31.7 Å². The van der Waals surface area contributed by atoms with E-state index in [1.54, 1.807) is 31.5 Å². The van der Waals surface area contributed by atoms with Gasteiger partial charge in [0.2, 0.25) is 11.9 Å². The topological polar surface area (TPSA) is 142 Å². The van der Waals surface area contributed by atoms with E-state index in [1.807, 2.05) is 24.3 Å². The molecule has 5 heterocycles. The minimum Gasteiger partial charge on any atom is -0.391 e. The summed E-state index contributed by atoms with van der Waals surface area (Å²) in [6.45, 7) is 2.36. The minimum absolute atomic E-state index is 0.0946. The van der Waals surface area contributed by atoms with Gasteiger partial charge in [0.05, 0.1) is 18.0 Å². The summed E-state index contributed by atoms with van der Waals surface area (Å²) in [5.41, 5.74) is 1.38. The highest BCUT2D eigenvalue weighted by atomic mass is 35.5. The second-order valence-corrected chi connectivity index (χ2v) is 15.0. The van der Waals surface area contributed by atoms with Crippen molar-refractivity contribution in [3.63, 3.8) is 0 Å². The fourth-order valence-corrected chi connectivity index (χ4v) is 9.18. The van der Waals surface area contributed by atoms with Crippen LogP contribution in [0.15, 0.2) is 72.4 Å². The zero-order valence-corrected chi connectivity index (χ0v) is 27.7. The van der Waals surface area contributed by atoms with Crippen LogP contribution in [0.5, 0.6) is 0 Å². The molecule has 244 valence electrons. The van der Waals surface area contributed by atoms with E-state index < -0.39 is 33.6 Å². The van der Waals surface area contributed by atoms with Gasteiger partial charge in [-0.2, -0.15) is 4.31 Å². The fraction of sp³-hybridized carbons (Fsp3) is 0.344. The molecule has 2 saturated heterocycles. The predicted molar refractivity (Wildman–Crippen MR) is 175 cm³/mol. The van der Waals surface area contributed by atoms with Gasteiger partial charge in [0.15, 0.2) is 5.03 Å². The van der Waals surface area contributed by atoms with Gasteiger partial charge in [-0.05, 0) is 55.5 Å². The lowest BCUT2D eigenvalue weighted by Crippen LogP contribution is -2.48. The number of aliphatic hydroxyl groups excluding tert-OH is 1. The van der Waals surface area contributed by atoms with Crippen LogP contribution in [-0.4, -0.2) is 85.8 Å². The smallest absolute Gasteiger partial charge is 0.261 e. The molecule has 15 heteroatoms. The molecule has 3 aliphatic rings. The van der Waals surface area contributed by atoms with Gasteiger partial charge in [-0.1, -0.05) is 47.5 Å². The molecule has 7 rings (SSSR count). The van der Waals surface area contributed by atoms with E-state index in [9.17, 15) is 23.1 Å². The summed E-state index contributed by atoms with van der Waals surface area (Å²) in [6, 6.07) is 11.3. The highest BCUT2D eigenvalue weighted by Crippen LogP contribution is 2.45. The molecule has 47 heavy (non-hydrogen) atoms. The highest BCUT2D eigenvalue weighted by molar-refractivity contribution is 7.89. The lowest BCUT2D eigenvalue weighted by atomic mass is 9.91. The van der Waals surface area contributed by atoms with Crippen LogP contribution in [0.25, 0.3) is 11.1 Å². The van der Waals surface area contributed by atoms with E-state index in [1.165, 1.54) is 37.3 Å². The van der Waals surface area contributed by atoms with Crippen molar-refractivity contribution < 1.29 is 23.1 Å². The number of carbonyl (C=O) groups excluding carboxylic acids is 2. The van der Waals surface area contributed by atoms with Gasteiger partial charge in [-0.3, -0.25) is 14.2 Å². The number of benzene rings is 2. The minimum atomic E-state index is -4.33. The number of likely N-dealkylation sites (tertiary alicyclic amines) is 1. The predicted octanol–water partition coefficient (Wildman–Crippen LogP) is 4.03. The Morgan fingerprint density at radius 1 is 1.00 bits per heavy atom. The third-order valence-corrected chi connectivity index (χ3v) is 11.4. The molecule has 12 nitrogen and oxygen atoms in total. The Labute approximate surface area is 281 Å². The van der Waals surface area contributed by atoms with Gasteiger partial charge in [-0.15, -0.1) is 0 Å². The first-order valence-electron chi connectivity index (χ1n) is 15.2. The van der Waals surface area contributed by atoms with Gasteiger partial charge in [0, 0.05) is 54.1 Å². The monoisotopic (exact) mass is 695 g/mol. The number of sulfonamides is 1. The number of carbonyl (C=O) groups is 2. The van der Waals surface area contributed by atoms with Crippen LogP contribution in [0, 0.1) is 0 Å². The average molecular weight is 697 g/mol. The van der Waals surface area contributed by atoms with E-state index >= 15 is 0 Å². The van der Waals surface area contributed by atoms with Crippen LogP contribution in [0.4, 0.5) is 11.6 Å². The number of amides is 2. The van der Waals surface area contributed by atoms with Crippen molar-refractivity contribution in [2.75, 3.05) is 24.5 Å². The summed E-state index contributed by atoms with van der Waals surface area (Å²) in [5.74, 6) is -0.657. The lowest BCUT2D eigenvalue weighted by Gasteiger charge is -2.30. The number of halogens is 2. The number of aromatic nitrogens is 4. The molecule has 2 aromatic carbocycles. The molecule has 2 amide bonds. The fourth-order valence-electron chi connectivity index (χ4n) is 6.82. The first kappa shape index (κ1) is 31.7. The second-order valence-electron chi connectivity index (χ2n) is 12.3. The van der Waals surface area contributed by atoms with E-state index in [4.69, 9.17) is 23.2 Å². The number of fused-ring (bicyclic) bond motifs is 1. The van der Waals surface area contributed by atoms with Crippen molar-refractivity contribution >= 4 is 56.7 Å². The van der Waals surface area contributed by atoms with Crippen LogP contribution in [0.2, 0.25) is 10.0 Å². The van der Waals surface area contributed by atoms with Gasteiger partial charge in [0.1, 0.15) is 17.9 Å². The third-order valence-electron chi connectivity index (χ3n) is 9.11. The van der Waals surface area contributed by atoms with Crippen LogP contribution >= 0.6 is 23.2 Å². The summed E-state index contributed by atoms with van der Waals surface area (Å²) in [7, 11) is -4.33. The number of β-amino-alcohol motifs (C(OH)–C–C–N with tert-alkyl or cyclic N) is 1. The molecule has 3 aliphatic heterocycles. The van der Waals surface area contributed by atoms with Crippen LogP contribution in [-0.2, 0) is 31.6 Å². The van der Waals surface area contributed by atoms with Gasteiger partial charge in [0.25, 0.3) is 15.9 Å². The van der Waals surface area contributed by atoms with Crippen molar-refractivity contribution in [2.24, 2.45) is 0 Å². The Morgan fingerprint density at radius 3 is 2.36 bits per heavy atom. The number of nitrogens with zero attached hydrogens (tertiary/aromatic N) is 7. The molecule has 3 atom stereocenters. The standard InChI is InChI=1S/C32H31Cl2N7O5S/c1-32(14-20-4-6-21(7-5-20)22-15-35-19-36-16-22)30(44)40(25-12-23(33)11-24(34)13-25)31-37-17-28(41(31)32)47(45,46)39-9-2-3-27(39)29(43)38-10-8-26(42)18-38/h4-7,11-13,15-17,19,26-27,42H,2-3,8-10,14,18H2,1H3/t26-,27-,32+/m0/s1. The molecular formula is C32H31Cl2N7O5S. The quantitative estimate of drug-likeness (QED) is 0.306. The summed E-state index contributed by atoms with van der Waals surface area (Å²) in [6.07, 6.45) is 6.90. The van der Waals surface area contributed by atoms with Crippen molar-refractivity contribution in [1.82, 2.24) is 28.7 Å². The molecule has 2 aromatic heterocycles. The zero-order chi connectivity index (χ0) is 33.1. The number of rotatable bonds is 7. The van der Waals surface area contributed by atoms with Gasteiger partial charge in [-0.25, -0.2) is 28.3 Å². The Kier molecular flexibility index (Phi) is 8.08. The number of hydrogen-bond acceptors (Lipinski definition) is 8. The molecule has 0 saturated carbocycles. The molecule has 0 spiro atoms. The van der Waals surface area contributed by atoms with E-state index in [2.05, 4.69) is 15.0 Å². The Morgan fingerprint density at radius 2 is 1.70 bits per heavy atom. The third kappa shape index (κ3) is 5.49. The van der Waals surface area contributed by atoms with Crippen molar-refractivity contribution in [3.05, 3.63) is 83.0 Å². The second kappa shape index (κ2) is 12.0. The zero-order valence-electron chi connectivity index (χ0n) is 25.3. The van der Waals surface area contributed by atoms with Crippen molar-refractivity contribution in [2.45, 2.75) is 55.3 Å². The number of imidazole rings is 1. The van der Waals surface area contributed by atoms with E-state index in [-0.39, 0.29) is 36.4 Å². The molecule has 0 radical (unpaired) electrons. The van der Waals surface area contributed by atoms with Gasteiger partial charge >= 0.3 is 0 Å². The highest BCUT2D eigenvalue weighted by Gasteiger charge is 2.53.